The summed E-state index contributed by atoms with van der Waals surface area (Å²) in [6, 6.07) is 20.9. The minimum atomic E-state index is -1.30. The van der Waals surface area contributed by atoms with Crippen LogP contribution in [-0.2, 0) is 28.0 Å². The summed E-state index contributed by atoms with van der Waals surface area (Å²) in [5.41, 5.74) is 3.12. The quantitative estimate of drug-likeness (QED) is 0.242. The first kappa shape index (κ1) is 28.0. The SMILES string of the molecule is C=C(C)CC1(C(=O)OC)Cc2c(OCc3ccccc3)cccc2N1C(=O)c1ccc(C(C)(C)C)c(OC)c1. The maximum Gasteiger partial charge on any atom is 0.332 e. The third-order valence-electron chi connectivity index (χ3n) is 7.10. The molecular weight excluding hydrogens is 490 g/mol. The van der Waals surface area contributed by atoms with Crippen molar-refractivity contribution in [1.82, 2.24) is 0 Å². The van der Waals surface area contributed by atoms with Gasteiger partial charge in [0.1, 0.15) is 18.1 Å². The third kappa shape index (κ3) is 5.42. The second-order valence-electron chi connectivity index (χ2n) is 11.2. The van der Waals surface area contributed by atoms with E-state index < -0.39 is 11.5 Å². The van der Waals surface area contributed by atoms with E-state index in [4.69, 9.17) is 14.2 Å². The minimum absolute atomic E-state index is 0.173. The number of esters is 1. The van der Waals surface area contributed by atoms with Crippen LogP contribution < -0.4 is 14.4 Å². The van der Waals surface area contributed by atoms with Gasteiger partial charge in [0.05, 0.1) is 19.9 Å². The van der Waals surface area contributed by atoms with E-state index in [1.165, 1.54) is 7.11 Å². The Morgan fingerprint density at radius 2 is 1.69 bits per heavy atom. The number of carbonyl (C=O) groups is 2. The largest absolute Gasteiger partial charge is 0.496 e. The Balaban J connectivity index is 1.84. The van der Waals surface area contributed by atoms with Gasteiger partial charge in [0.2, 0.25) is 0 Å². The lowest BCUT2D eigenvalue weighted by Crippen LogP contribution is -2.56. The van der Waals surface area contributed by atoms with Crippen LogP contribution in [0.4, 0.5) is 5.69 Å². The van der Waals surface area contributed by atoms with Crippen molar-refractivity contribution >= 4 is 17.6 Å². The third-order valence-corrected chi connectivity index (χ3v) is 7.10. The van der Waals surface area contributed by atoms with Gasteiger partial charge in [-0.2, -0.15) is 0 Å². The Kier molecular flexibility index (Phi) is 7.86. The molecule has 39 heavy (non-hydrogen) atoms. The van der Waals surface area contributed by atoms with Crippen LogP contribution in [0.1, 0.15) is 61.2 Å². The van der Waals surface area contributed by atoms with Crippen LogP contribution in [0, 0.1) is 0 Å². The number of anilines is 1. The summed E-state index contributed by atoms with van der Waals surface area (Å²) in [5.74, 6) is 0.431. The van der Waals surface area contributed by atoms with Crippen molar-refractivity contribution in [3.8, 4) is 11.5 Å². The number of benzene rings is 3. The van der Waals surface area contributed by atoms with Crippen LogP contribution in [0.5, 0.6) is 11.5 Å². The van der Waals surface area contributed by atoms with Crippen LogP contribution in [0.15, 0.2) is 78.9 Å². The molecule has 204 valence electrons. The van der Waals surface area contributed by atoms with Crippen molar-refractivity contribution in [3.05, 3.63) is 101 Å². The molecule has 0 aliphatic carbocycles. The molecule has 4 rings (SSSR count). The number of fused-ring (bicyclic) bond motifs is 1. The molecule has 1 aliphatic rings. The monoisotopic (exact) mass is 527 g/mol. The van der Waals surface area contributed by atoms with E-state index in [9.17, 15) is 9.59 Å². The number of carbonyl (C=O) groups excluding carboxylic acids is 2. The molecule has 1 unspecified atom stereocenters. The number of rotatable bonds is 8. The molecule has 1 amide bonds. The van der Waals surface area contributed by atoms with Crippen LogP contribution in [0.25, 0.3) is 0 Å². The lowest BCUT2D eigenvalue weighted by Gasteiger charge is -2.36. The highest BCUT2D eigenvalue weighted by Crippen LogP contribution is 2.47. The highest BCUT2D eigenvalue weighted by atomic mass is 16.5. The molecule has 0 bridgehead atoms. The first-order chi connectivity index (χ1) is 18.5. The van der Waals surface area contributed by atoms with Gasteiger partial charge < -0.3 is 14.2 Å². The van der Waals surface area contributed by atoms with Crippen molar-refractivity contribution in [1.29, 1.82) is 0 Å². The summed E-state index contributed by atoms with van der Waals surface area (Å²) < 4.78 is 17.2. The number of hydrogen-bond acceptors (Lipinski definition) is 5. The number of nitrogens with zero attached hydrogens (tertiary/aromatic N) is 1. The Labute approximate surface area is 231 Å². The summed E-state index contributed by atoms with van der Waals surface area (Å²) in [4.78, 5) is 29.5. The molecular formula is C33H37NO5. The van der Waals surface area contributed by atoms with Gasteiger partial charge in [0.15, 0.2) is 5.54 Å². The van der Waals surface area contributed by atoms with Gasteiger partial charge >= 0.3 is 5.97 Å². The van der Waals surface area contributed by atoms with Crippen LogP contribution in [0.2, 0.25) is 0 Å². The van der Waals surface area contributed by atoms with Gasteiger partial charge in [-0.05, 0) is 47.7 Å². The molecule has 0 N–H and O–H groups in total. The molecule has 3 aromatic carbocycles. The average molecular weight is 528 g/mol. The van der Waals surface area contributed by atoms with Gasteiger partial charge in [-0.1, -0.05) is 68.8 Å². The summed E-state index contributed by atoms with van der Waals surface area (Å²) in [7, 11) is 2.95. The van der Waals surface area contributed by atoms with Crippen molar-refractivity contribution in [2.75, 3.05) is 19.1 Å². The summed E-state index contributed by atoms with van der Waals surface area (Å²) in [6.07, 6.45) is 0.491. The van der Waals surface area contributed by atoms with E-state index in [0.29, 0.717) is 29.4 Å². The summed E-state index contributed by atoms with van der Waals surface area (Å²) in [5, 5.41) is 0. The van der Waals surface area contributed by atoms with E-state index >= 15 is 0 Å². The van der Waals surface area contributed by atoms with Crippen LogP contribution in [-0.4, -0.2) is 31.6 Å². The molecule has 1 atom stereocenters. The molecule has 6 nitrogen and oxygen atoms in total. The van der Waals surface area contributed by atoms with Crippen molar-refractivity contribution in [2.45, 2.75) is 58.1 Å². The highest BCUT2D eigenvalue weighted by Gasteiger charge is 2.54. The maximum atomic E-state index is 14.3. The minimum Gasteiger partial charge on any atom is -0.496 e. The number of amides is 1. The predicted octanol–water partition coefficient (Wildman–Crippen LogP) is 6.65. The van der Waals surface area contributed by atoms with Gasteiger partial charge in [0.25, 0.3) is 5.91 Å². The zero-order chi connectivity index (χ0) is 28.4. The van der Waals surface area contributed by atoms with Gasteiger partial charge in [-0.15, -0.1) is 6.58 Å². The first-order valence-corrected chi connectivity index (χ1v) is 13.1. The summed E-state index contributed by atoms with van der Waals surface area (Å²) >= 11 is 0. The zero-order valence-corrected chi connectivity index (χ0v) is 23.7. The highest BCUT2D eigenvalue weighted by molar-refractivity contribution is 6.13. The average Bonchev–Trinajstić information content (AvgIpc) is 3.25. The zero-order valence-electron chi connectivity index (χ0n) is 23.7. The Morgan fingerprint density at radius 1 is 0.974 bits per heavy atom. The number of ether oxygens (including phenoxy) is 3. The van der Waals surface area contributed by atoms with Crippen LogP contribution in [0.3, 0.4) is 0 Å². The van der Waals surface area contributed by atoms with E-state index in [1.54, 1.807) is 24.1 Å². The predicted molar refractivity (Wildman–Crippen MR) is 154 cm³/mol. The first-order valence-electron chi connectivity index (χ1n) is 13.1. The fourth-order valence-corrected chi connectivity index (χ4v) is 5.36. The topological polar surface area (TPSA) is 65.1 Å². The normalized spacial score (nSPS) is 16.4. The molecule has 0 aromatic heterocycles. The number of methoxy groups -OCH3 is 2. The van der Waals surface area contributed by atoms with Gasteiger partial charge in [-0.25, -0.2) is 4.79 Å². The maximum absolute atomic E-state index is 14.3. The molecule has 1 heterocycles. The Hall–Kier alpha value is -4.06. The van der Waals surface area contributed by atoms with E-state index in [-0.39, 0.29) is 24.2 Å². The fourth-order valence-electron chi connectivity index (χ4n) is 5.36. The second kappa shape index (κ2) is 11.0. The molecule has 0 saturated heterocycles. The molecule has 6 heteroatoms. The van der Waals surface area contributed by atoms with Gasteiger partial charge in [0, 0.05) is 24.0 Å². The fraction of sp³-hybridized carbons (Fsp3) is 0.333. The molecule has 0 fully saturated rings. The second-order valence-corrected chi connectivity index (χ2v) is 11.2. The van der Waals surface area contributed by atoms with E-state index in [0.717, 1.165) is 22.3 Å². The Morgan fingerprint density at radius 3 is 2.31 bits per heavy atom. The lowest BCUT2D eigenvalue weighted by atomic mass is 9.85. The smallest absolute Gasteiger partial charge is 0.332 e. The standard InChI is InChI=1S/C33H37NO5/c1-22(2)19-33(31(36)38-7)20-25-27(14-11-15-28(25)39-21-23-12-9-8-10-13-23)34(33)30(35)24-16-17-26(32(3,4)5)29(18-24)37-6/h8-18H,1,19-21H2,2-7H3. The number of hydrogen-bond donors (Lipinski definition) is 0. The summed E-state index contributed by atoms with van der Waals surface area (Å²) in [6.45, 7) is 12.6. The van der Waals surface area contributed by atoms with Crippen molar-refractivity contribution in [3.63, 3.8) is 0 Å². The molecule has 3 aromatic rings. The lowest BCUT2D eigenvalue weighted by molar-refractivity contribution is -0.146. The Bertz CT molecular complexity index is 1390. The molecule has 0 saturated carbocycles. The van der Waals surface area contributed by atoms with Crippen molar-refractivity contribution < 1.29 is 23.8 Å². The molecule has 1 aliphatic heterocycles. The molecule has 0 radical (unpaired) electrons. The van der Waals surface area contributed by atoms with E-state index in [2.05, 4.69) is 27.4 Å². The van der Waals surface area contributed by atoms with Gasteiger partial charge in [-0.3, -0.25) is 9.69 Å². The molecule has 0 spiro atoms. The van der Waals surface area contributed by atoms with Crippen molar-refractivity contribution in [2.24, 2.45) is 0 Å². The van der Waals surface area contributed by atoms with Crippen LogP contribution >= 0.6 is 0 Å². The van der Waals surface area contributed by atoms with E-state index in [1.807, 2.05) is 61.5 Å².